The lowest BCUT2D eigenvalue weighted by atomic mass is 10.1. The number of benzene rings is 3. The van der Waals surface area contributed by atoms with Gasteiger partial charge in [0.1, 0.15) is 18.0 Å². The van der Waals surface area contributed by atoms with Crippen LogP contribution in [0, 0.1) is 0 Å². The molecule has 0 saturated heterocycles. The molecular formula is C28H27NO5. The second-order valence-corrected chi connectivity index (χ2v) is 8.65. The van der Waals surface area contributed by atoms with Gasteiger partial charge in [0.15, 0.2) is 5.78 Å². The van der Waals surface area contributed by atoms with E-state index in [0.29, 0.717) is 25.4 Å². The largest absolute Gasteiger partial charge is 0.494 e. The van der Waals surface area contributed by atoms with Crippen LogP contribution >= 0.6 is 0 Å². The first-order chi connectivity index (χ1) is 16.6. The zero-order valence-corrected chi connectivity index (χ0v) is 19.0. The van der Waals surface area contributed by atoms with E-state index in [0.717, 1.165) is 64.4 Å². The number of hydrogen-bond acceptors (Lipinski definition) is 4. The number of hydrogen-bond donors (Lipinski definition) is 1. The Kier molecular flexibility index (Phi) is 6.21. The summed E-state index contributed by atoms with van der Waals surface area (Å²) in [5, 5.41) is 11.4. The van der Waals surface area contributed by atoms with E-state index in [-0.39, 0.29) is 12.3 Å². The molecule has 1 aliphatic rings. The monoisotopic (exact) mass is 457 g/mol. The number of ether oxygens (including phenoxy) is 2. The van der Waals surface area contributed by atoms with E-state index in [9.17, 15) is 14.7 Å². The van der Waals surface area contributed by atoms with Gasteiger partial charge in [-0.2, -0.15) is 0 Å². The number of aromatic nitrogens is 1. The molecule has 6 nitrogen and oxygen atoms in total. The van der Waals surface area contributed by atoms with Crippen LogP contribution in [0.25, 0.3) is 21.8 Å². The summed E-state index contributed by atoms with van der Waals surface area (Å²) in [6, 6.07) is 19.5. The highest BCUT2D eigenvalue weighted by Gasteiger charge is 2.23. The minimum absolute atomic E-state index is 0.0936. The minimum Gasteiger partial charge on any atom is -0.494 e. The normalized spacial score (nSPS) is 12.9. The third kappa shape index (κ3) is 4.36. The van der Waals surface area contributed by atoms with Gasteiger partial charge < -0.3 is 19.1 Å². The molecule has 3 aromatic carbocycles. The van der Waals surface area contributed by atoms with Gasteiger partial charge in [0, 0.05) is 28.8 Å². The van der Waals surface area contributed by atoms with E-state index in [4.69, 9.17) is 9.47 Å². The van der Waals surface area contributed by atoms with Crippen LogP contribution < -0.4 is 9.47 Å². The number of rotatable bonds is 10. The van der Waals surface area contributed by atoms with Gasteiger partial charge in [-0.3, -0.25) is 9.59 Å². The molecule has 0 radical (unpaired) electrons. The predicted octanol–water partition coefficient (Wildman–Crippen LogP) is 5.64. The van der Waals surface area contributed by atoms with E-state index in [1.807, 2.05) is 65.2 Å². The van der Waals surface area contributed by atoms with Crippen LogP contribution in [-0.2, 0) is 17.8 Å². The second kappa shape index (κ2) is 9.59. The van der Waals surface area contributed by atoms with Gasteiger partial charge in [-0.15, -0.1) is 0 Å². The number of Topliss-reactive ketones (excluding diaryl/α,β-unsaturated/α-hetero) is 1. The Morgan fingerprint density at radius 2 is 1.65 bits per heavy atom. The van der Waals surface area contributed by atoms with Crippen LogP contribution in [0.5, 0.6) is 11.5 Å². The first kappa shape index (κ1) is 22.0. The Labute approximate surface area is 197 Å². The van der Waals surface area contributed by atoms with Crippen LogP contribution in [0.2, 0.25) is 0 Å². The Morgan fingerprint density at radius 3 is 2.50 bits per heavy atom. The molecule has 1 aromatic heterocycles. The molecule has 0 unspecified atom stereocenters. The van der Waals surface area contributed by atoms with Gasteiger partial charge in [0.05, 0.1) is 24.3 Å². The van der Waals surface area contributed by atoms with E-state index >= 15 is 0 Å². The molecule has 0 aliphatic heterocycles. The number of aliphatic carboxylic acids is 1. The van der Waals surface area contributed by atoms with Crippen molar-refractivity contribution in [1.82, 2.24) is 4.57 Å². The van der Waals surface area contributed by atoms with Gasteiger partial charge >= 0.3 is 5.97 Å². The third-order valence-electron chi connectivity index (χ3n) is 6.37. The van der Waals surface area contributed by atoms with Crippen molar-refractivity contribution in [3.8, 4) is 11.5 Å². The zero-order valence-electron chi connectivity index (χ0n) is 19.0. The highest BCUT2D eigenvalue weighted by molar-refractivity contribution is 6.08. The fraction of sp³-hybridized carbons (Fsp3) is 0.286. The zero-order chi connectivity index (χ0) is 23.5. The van der Waals surface area contributed by atoms with Gasteiger partial charge in [-0.25, -0.2) is 0 Å². The molecule has 0 amide bonds. The number of carboxylic acid groups (broad SMARTS) is 1. The Bertz CT molecular complexity index is 1370. The van der Waals surface area contributed by atoms with Gasteiger partial charge in [0.25, 0.3) is 0 Å². The maximum absolute atomic E-state index is 12.1. The number of para-hydroxylation sites is 1. The van der Waals surface area contributed by atoms with Crippen molar-refractivity contribution in [2.45, 2.75) is 38.6 Å². The van der Waals surface area contributed by atoms with Gasteiger partial charge in [-0.05, 0) is 55.5 Å². The Morgan fingerprint density at radius 1 is 0.853 bits per heavy atom. The molecule has 4 aromatic rings. The lowest BCUT2D eigenvalue weighted by Crippen LogP contribution is -2.08. The maximum atomic E-state index is 12.1. The van der Waals surface area contributed by atoms with Crippen molar-refractivity contribution < 1.29 is 24.2 Å². The van der Waals surface area contributed by atoms with Crippen molar-refractivity contribution in [2.24, 2.45) is 0 Å². The highest BCUT2D eigenvalue weighted by Crippen LogP contribution is 2.32. The summed E-state index contributed by atoms with van der Waals surface area (Å²) >= 11 is 0. The van der Waals surface area contributed by atoms with Crippen molar-refractivity contribution in [3.05, 3.63) is 71.8 Å². The number of aryl methyl sites for hydroxylation is 1. The fourth-order valence-electron chi connectivity index (χ4n) is 4.77. The molecule has 34 heavy (non-hydrogen) atoms. The molecular weight excluding hydrogens is 430 g/mol. The van der Waals surface area contributed by atoms with Crippen molar-refractivity contribution in [1.29, 1.82) is 0 Å². The van der Waals surface area contributed by atoms with E-state index < -0.39 is 5.97 Å². The molecule has 6 heteroatoms. The number of carboxylic acids is 1. The number of ketones is 1. The third-order valence-corrected chi connectivity index (χ3v) is 6.37. The minimum atomic E-state index is -0.874. The van der Waals surface area contributed by atoms with Crippen molar-refractivity contribution >= 4 is 33.6 Å². The van der Waals surface area contributed by atoms with Crippen LogP contribution in [0.1, 0.15) is 41.6 Å². The summed E-state index contributed by atoms with van der Waals surface area (Å²) in [6.07, 6.45) is 4.10. The Balaban J connectivity index is 1.15. The van der Waals surface area contributed by atoms with Crippen LogP contribution in [0.3, 0.4) is 0 Å². The van der Waals surface area contributed by atoms with Crippen LogP contribution in [-0.4, -0.2) is 34.6 Å². The fourth-order valence-corrected chi connectivity index (χ4v) is 4.77. The van der Waals surface area contributed by atoms with E-state index in [2.05, 4.69) is 0 Å². The summed E-state index contributed by atoms with van der Waals surface area (Å²) in [5.41, 5.74) is 3.62. The number of unbranched alkanes of at least 4 members (excludes halogenated alkanes) is 2. The summed E-state index contributed by atoms with van der Waals surface area (Å²) < 4.78 is 13.7. The lowest BCUT2D eigenvalue weighted by molar-refractivity contribution is -0.137. The standard InChI is InChI=1S/C28H27NO5/c30-25-14-11-19-7-6-10-26(28(19)25)34-16-5-1-4-15-33-20-12-13-22-21-8-2-3-9-23(21)29(18-27(31)32)24(22)17-20/h2-3,6-10,12-13,17H,1,4-5,11,14-16,18H2,(H,31,32). The SMILES string of the molecule is O=C(O)Cn1c2ccccc2c2ccc(OCCCCCOc3cccc4c3C(=O)CC4)cc21. The topological polar surface area (TPSA) is 77.8 Å². The molecule has 1 N–H and O–H groups in total. The second-order valence-electron chi connectivity index (χ2n) is 8.65. The first-order valence-corrected chi connectivity index (χ1v) is 11.8. The molecule has 0 fully saturated rings. The molecule has 5 rings (SSSR count). The summed E-state index contributed by atoms with van der Waals surface area (Å²) in [7, 11) is 0. The van der Waals surface area contributed by atoms with Crippen molar-refractivity contribution in [3.63, 3.8) is 0 Å². The first-order valence-electron chi connectivity index (χ1n) is 11.8. The van der Waals surface area contributed by atoms with Gasteiger partial charge in [0.2, 0.25) is 0 Å². The predicted molar refractivity (Wildman–Crippen MR) is 131 cm³/mol. The Hall–Kier alpha value is -3.80. The number of nitrogens with zero attached hydrogens (tertiary/aromatic N) is 1. The smallest absolute Gasteiger partial charge is 0.323 e. The summed E-state index contributed by atoms with van der Waals surface area (Å²) in [6.45, 7) is 1.05. The molecule has 174 valence electrons. The quantitative estimate of drug-likeness (QED) is 0.312. The molecule has 1 aliphatic carbocycles. The maximum Gasteiger partial charge on any atom is 0.323 e. The highest BCUT2D eigenvalue weighted by atomic mass is 16.5. The number of carbonyl (C=O) groups excluding carboxylic acids is 1. The number of carbonyl (C=O) groups is 2. The average Bonchev–Trinajstić information content (AvgIpc) is 3.37. The van der Waals surface area contributed by atoms with Crippen LogP contribution in [0.4, 0.5) is 0 Å². The lowest BCUT2D eigenvalue weighted by Gasteiger charge is -2.10. The number of fused-ring (bicyclic) bond motifs is 4. The van der Waals surface area contributed by atoms with E-state index in [1.54, 1.807) is 0 Å². The van der Waals surface area contributed by atoms with Crippen LogP contribution in [0.15, 0.2) is 60.7 Å². The summed E-state index contributed by atoms with van der Waals surface area (Å²) in [5.74, 6) is 0.747. The molecule has 0 atom stereocenters. The average molecular weight is 458 g/mol. The van der Waals surface area contributed by atoms with E-state index in [1.165, 1.54) is 0 Å². The molecule has 0 bridgehead atoms. The summed E-state index contributed by atoms with van der Waals surface area (Å²) in [4.78, 5) is 23.5. The molecule has 0 spiro atoms. The molecule has 0 saturated carbocycles. The van der Waals surface area contributed by atoms with Crippen molar-refractivity contribution in [2.75, 3.05) is 13.2 Å². The molecule has 1 heterocycles. The van der Waals surface area contributed by atoms with Gasteiger partial charge in [-0.1, -0.05) is 30.3 Å².